The topological polar surface area (TPSA) is 72.9 Å². The summed E-state index contributed by atoms with van der Waals surface area (Å²) in [6.07, 6.45) is 3.91. The van der Waals surface area contributed by atoms with Crippen LogP contribution in [0.15, 0.2) is 97.1 Å². The zero-order chi connectivity index (χ0) is 29.2. The monoisotopic (exact) mass is 555 g/mol. The molecule has 0 bridgehead atoms. The third-order valence-electron chi connectivity index (χ3n) is 9.06. The number of carbonyl (C=O) groups is 3. The predicted octanol–water partition coefficient (Wildman–Crippen LogP) is 6.33. The number of hydrogen-bond acceptors (Lipinski definition) is 6. The number of ether oxygens (including phenoxy) is 2. The second-order valence-corrected chi connectivity index (χ2v) is 11.1. The van der Waals surface area contributed by atoms with Crippen molar-refractivity contribution in [3.05, 3.63) is 130 Å². The first-order valence-electron chi connectivity index (χ1n) is 14.0. The van der Waals surface area contributed by atoms with Crippen LogP contribution in [0.3, 0.4) is 0 Å². The summed E-state index contributed by atoms with van der Waals surface area (Å²) in [6.45, 7) is 2.02. The van der Waals surface area contributed by atoms with Gasteiger partial charge in [-0.1, -0.05) is 78.4 Å². The summed E-state index contributed by atoms with van der Waals surface area (Å²) < 4.78 is 11.5. The van der Waals surface area contributed by atoms with Crippen LogP contribution in [0.2, 0.25) is 0 Å². The highest BCUT2D eigenvalue weighted by Gasteiger charge is 2.72. The number of nitrogens with zero attached hydrogens (tertiary/aromatic N) is 1. The lowest BCUT2D eigenvalue weighted by atomic mass is 9.64. The van der Waals surface area contributed by atoms with Gasteiger partial charge in [-0.15, -0.1) is 0 Å². The average Bonchev–Trinajstić information content (AvgIpc) is 3.46. The summed E-state index contributed by atoms with van der Waals surface area (Å²) in [4.78, 5) is 46.5. The molecule has 1 aliphatic carbocycles. The molecule has 0 amide bonds. The molecule has 1 spiro atoms. The number of carbonyl (C=O) groups excluding carboxylic acids is 3. The number of ketones is 3. The molecule has 6 heteroatoms. The van der Waals surface area contributed by atoms with Crippen LogP contribution in [0.5, 0.6) is 11.5 Å². The number of Topliss-reactive ketones (excluding diaryl/α,β-unsaturated/α-hetero) is 3. The molecule has 4 aromatic rings. The van der Waals surface area contributed by atoms with E-state index in [1.54, 1.807) is 68.8 Å². The van der Waals surface area contributed by atoms with Crippen LogP contribution in [-0.4, -0.2) is 43.7 Å². The first kappa shape index (κ1) is 26.0. The third-order valence-corrected chi connectivity index (χ3v) is 9.06. The van der Waals surface area contributed by atoms with Gasteiger partial charge in [-0.25, -0.2) is 0 Å². The fraction of sp³-hybridized carbons (Fsp3) is 0.194. The minimum absolute atomic E-state index is 0.175. The van der Waals surface area contributed by atoms with Crippen molar-refractivity contribution in [2.24, 2.45) is 5.41 Å². The molecule has 4 aromatic carbocycles. The second kappa shape index (κ2) is 9.55. The molecule has 3 aliphatic rings. The maximum Gasteiger partial charge on any atom is 0.185 e. The Bertz CT molecular complexity index is 1770. The SMILES string of the molecule is COc1ccc(OC)c([C@@H]2[C@H](C(=O)c3ccccc3)N3c4ccc(C)cc4C=C[C@@H]3C23C(=O)c2ccccc2C3=O)c1. The molecule has 42 heavy (non-hydrogen) atoms. The lowest BCUT2D eigenvalue weighted by Crippen LogP contribution is -2.48. The molecule has 7 rings (SSSR count). The van der Waals surface area contributed by atoms with Crippen molar-refractivity contribution in [2.45, 2.75) is 24.9 Å². The Labute approximate surface area is 244 Å². The molecule has 0 saturated carbocycles. The van der Waals surface area contributed by atoms with Gasteiger partial charge in [-0.3, -0.25) is 14.4 Å². The summed E-state index contributed by atoms with van der Waals surface area (Å²) in [5, 5.41) is 0. The minimum atomic E-state index is -1.61. The molecule has 6 nitrogen and oxygen atoms in total. The Hall–Kier alpha value is -4.97. The highest BCUT2D eigenvalue weighted by Crippen LogP contribution is 2.62. The van der Waals surface area contributed by atoms with Crippen molar-refractivity contribution >= 4 is 29.1 Å². The fourth-order valence-corrected chi connectivity index (χ4v) is 7.30. The lowest BCUT2D eigenvalue weighted by molar-refractivity contribution is 0.0664. The molecule has 3 atom stereocenters. The van der Waals surface area contributed by atoms with E-state index in [1.807, 2.05) is 54.3 Å². The van der Waals surface area contributed by atoms with E-state index in [0.717, 1.165) is 16.8 Å². The summed E-state index contributed by atoms with van der Waals surface area (Å²) >= 11 is 0. The Morgan fingerprint density at radius 1 is 0.810 bits per heavy atom. The van der Waals surface area contributed by atoms with Gasteiger partial charge < -0.3 is 14.4 Å². The van der Waals surface area contributed by atoms with E-state index in [9.17, 15) is 14.4 Å². The first-order chi connectivity index (χ1) is 20.4. The van der Waals surface area contributed by atoms with Gasteiger partial charge >= 0.3 is 0 Å². The van der Waals surface area contributed by atoms with E-state index in [-0.39, 0.29) is 17.3 Å². The molecule has 0 radical (unpaired) electrons. The second-order valence-electron chi connectivity index (χ2n) is 11.1. The maximum absolute atomic E-state index is 14.8. The molecular weight excluding hydrogens is 526 g/mol. The van der Waals surface area contributed by atoms with Crippen LogP contribution in [0, 0.1) is 12.3 Å². The van der Waals surface area contributed by atoms with E-state index in [2.05, 4.69) is 6.07 Å². The van der Waals surface area contributed by atoms with E-state index in [1.165, 1.54) is 0 Å². The van der Waals surface area contributed by atoms with Crippen LogP contribution in [0.4, 0.5) is 5.69 Å². The Kier molecular flexibility index (Phi) is 5.91. The summed E-state index contributed by atoms with van der Waals surface area (Å²) in [5.41, 5.74) is 3.04. The van der Waals surface area contributed by atoms with Crippen LogP contribution in [0.25, 0.3) is 6.08 Å². The van der Waals surface area contributed by atoms with Crippen molar-refractivity contribution in [2.75, 3.05) is 19.1 Å². The number of benzene rings is 4. The smallest absolute Gasteiger partial charge is 0.185 e. The summed E-state index contributed by atoms with van der Waals surface area (Å²) in [6, 6.07) is 25.8. The minimum Gasteiger partial charge on any atom is -0.497 e. The zero-order valence-electron chi connectivity index (χ0n) is 23.5. The molecule has 2 aliphatic heterocycles. The predicted molar refractivity (Wildman–Crippen MR) is 161 cm³/mol. The number of anilines is 1. The number of fused-ring (bicyclic) bond motifs is 5. The molecule has 208 valence electrons. The van der Waals surface area contributed by atoms with Crippen molar-refractivity contribution in [3.8, 4) is 11.5 Å². The average molecular weight is 556 g/mol. The number of hydrogen-bond donors (Lipinski definition) is 0. The first-order valence-corrected chi connectivity index (χ1v) is 14.0. The van der Waals surface area contributed by atoms with Crippen LogP contribution in [-0.2, 0) is 0 Å². The lowest BCUT2D eigenvalue weighted by Gasteiger charge is -2.37. The maximum atomic E-state index is 14.8. The highest BCUT2D eigenvalue weighted by atomic mass is 16.5. The molecule has 0 unspecified atom stereocenters. The van der Waals surface area contributed by atoms with Gasteiger partial charge in [0.2, 0.25) is 0 Å². The molecule has 2 heterocycles. The van der Waals surface area contributed by atoms with Gasteiger partial charge in [0.15, 0.2) is 17.3 Å². The highest BCUT2D eigenvalue weighted by molar-refractivity contribution is 6.32. The fourth-order valence-electron chi connectivity index (χ4n) is 7.30. The zero-order valence-corrected chi connectivity index (χ0v) is 23.5. The van der Waals surface area contributed by atoms with Crippen LogP contribution >= 0.6 is 0 Å². The standard InChI is InChI=1S/C36H29NO5/c1-21-13-16-28-23(19-21)14-18-30-36(34(39)25-11-7-8-12-26(25)35(36)40)31(27-20-24(41-2)15-17-29(27)42-3)32(37(28)30)33(38)22-9-5-4-6-10-22/h4-20,30-32H,1-3H3/t30-,31-,32-/m1/s1. The van der Waals surface area contributed by atoms with Gasteiger partial charge in [0.05, 0.1) is 20.3 Å². The molecule has 1 fully saturated rings. The van der Waals surface area contributed by atoms with E-state index in [4.69, 9.17) is 9.47 Å². The normalized spacial score (nSPS) is 21.2. The Morgan fingerprint density at radius 2 is 1.50 bits per heavy atom. The van der Waals surface area contributed by atoms with Crippen LogP contribution in [0.1, 0.15) is 53.7 Å². The van der Waals surface area contributed by atoms with Crippen molar-refractivity contribution in [1.29, 1.82) is 0 Å². The van der Waals surface area contributed by atoms with Gasteiger partial charge in [0.1, 0.15) is 23.0 Å². The van der Waals surface area contributed by atoms with Crippen LogP contribution < -0.4 is 14.4 Å². The van der Waals surface area contributed by atoms with Gasteiger partial charge in [0, 0.05) is 33.9 Å². The Balaban J connectivity index is 1.59. The Morgan fingerprint density at radius 3 is 2.17 bits per heavy atom. The number of rotatable bonds is 5. The molecular formula is C36H29NO5. The molecule has 0 aromatic heterocycles. The van der Waals surface area contributed by atoms with Gasteiger partial charge in [-0.2, -0.15) is 0 Å². The van der Waals surface area contributed by atoms with Crippen molar-refractivity contribution in [1.82, 2.24) is 0 Å². The summed E-state index contributed by atoms with van der Waals surface area (Å²) in [5.74, 6) is -0.599. The van der Waals surface area contributed by atoms with Gasteiger partial charge in [-0.05, 0) is 42.8 Å². The molecule has 1 saturated heterocycles. The number of aryl methyl sites for hydroxylation is 1. The molecule has 0 N–H and O–H groups in total. The van der Waals surface area contributed by atoms with E-state index in [0.29, 0.717) is 33.8 Å². The van der Waals surface area contributed by atoms with E-state index >= 15 is 0 Å². The third kappa shape index (κ3) is 3.41. The van der Waals surface area contributed by atoms with Gasteiger partial charge in [0.25, 0.3) is 0 Å². The summed E-state index contributed by atoms with van der Waals surface area (Å²) in [7, 11) is 3.12. The number of methoxy groups -OCH3 is 2. The quantitative estimate of drug-likeness (QED) is 0.212. The van der Waals surface area contributed by atoms with Crippen molar-refractivity contribution < 1.29 is 23.9 Å². The van der Waals surface area contributed by atoms with Crippen molar-refractivity contribution in [3.63, 3.8) is 0 Å². The van der Waals surface area contributed by atoms with E-state index < -0.39 is 23.4 Å². The largest absolute Gasteiger partial charge is 0.497 e.